The summed E-state index contributed by atoms with van der Waals surface area (Å²) in [6, 6.07) is 22.3. The molecule has 0 bridgehead atoms. The molecule has 0 spiro atoms. The first-order valence-corrected chi connectivity index (χ1v) is 7.82. The Morgan fingerprint density at radius 3 is 2.35 bits per heavy atom. The van der Waals surface area contributed by atoms with Crippen molar-refractivity contribution >= 4 is 5.95 Å². The third-order valence-electron chi connectivity index (χ3n) is 4.19. The monoisotopic (exact) mass is 302 g/mol. The average Bonchev–Trinajstić information content (AvgIpc) is 3.00. The molecule has 4 heteroatoms. The number of nitrogens with zero attached hydrogens (tertiary/aromatic N) is 3. The van der Waals surface area contributed by atoms with E-state index in [-0.39, 0.29) is 0 Å². The Kier molecular flexibility index (Phi) is 3.42. The highest BCUT2D eigenvalue weighted by molar-refractivity contribution is 5.60. The van der Waals surface area contributed by atoms with Crippen LogP contribution in [0.25, 0.3) is 11.3 Å². The maximum Gasteiger partial charge on any atom is 0.208 e. The Labute approximate surface area is 135 Å². The molecule has 3 aromatic rings. The van der Waals surface area contributed by atoms with Crippen LogP contribution in [0.1, 0.15) is 5.56 Å². The lowest BCUT2D eigenvalue weighted by Crippen LogP contribution is -2.22. The third kappa shape index (κ3) is 2.63. The maximum atomic E-state index is 8.31. The van der Waals surface area contributed by atoms with Gasteiger partial charge in [0.25, 0.3) is 0 Å². The minimum atomic E-state index is 0.518. The van der Waals surface area contributed by atoms with Crippen molar-refractivity contribution in [1.29, 1.82) is 5.41 Å². The lowest BCUT2D eigenvalue weighted by Gasteiger charge is -2.18. The fourth-order valence-corrected chi connectivity index (χ4v) is 3.01. The van der Waals surface area contributed by atoms with Gasteiger partial charge in [-0.3, -0.25) is 9.98 Å². The van der Waals surface area contributed by atoms with E-state index < -0.39 is 0 Å². The highest BCUT2D eigenvalue weighted by Gasteiger charge is 2.21. The minimum absolute atomic E-state index is 0.518. The van der Waals surface area contributed by atoms with Gasteiger partial charge < -0.3 is 4.90 Å². The van der Waals surface area contributed by atoms with Crippen molar-refractivity contribution in [3.63, 3.8) is 0 Å². The Hall–Kier alpha value is -2.88. The highest BCUT2D eigenvalue weighted by atomic mass is 15.4. The van der Waals surface area contributed by atoms with Crippen LogP contribution in [0, 0.1) is 5.41 Å². The van der Waals surface area contributed by atoms with Gasteiger partial charge in [-0.15, -0.1) is 0 Å². The molecule has 0 saturated heterocycles. The summed E-state index contributed by atoms with van der Waals surface area (Å²) in [6.45, 7) is 2.54. The average molecular weight is 302 g/mol. The van der Waals surface area contributed by atoms with E-state index in [1.165, 1.54) is 5.56 Å². The summed E-state index contributed by atoms with van der Waals surface area (Å²) in [5, 5.41) is 8.31. The number of anilines is 1. The van der Waals surface area contributed by atoms with Crippen molar-refractivity contribution in [3.8, 4) is 11.3 Å². The standard InChI is InChI=1S/C19H18N4/c20-18-13-17(16-9-5-2-6-10-16)21-19-22(11-12-23(18)19)14-15-7-3-1-4-8-15/h1-10,13,20H,11-12,14H2. The van der Waals surface area contributed by atoms with Gasteiger partial charge in [0.05, 0.1) is 5.69 Å². The Morgan fingerprint density at radius 2 is 1.61 bits per heavy atom. The molecule has 1 N–H and O–H groups in total. The number of fused-ring (bicyclic) bond motifs is 1. The molecule has 114 valence electrons. The molecule has 2 heterocycles. The van der Waals surface area contributed by atoms with Gasteiger partial charge in [0.2, 0.25) is 5.95 Å². The largest absolute Gasteiger partial charge is 0.336 e. The van der Waals surface area contributed by atoms with Crippen LogP contribution in [0.3, 0.4) is 0 Å². The van der Waals surface area contributed by atoms with Crippen LogP contribution in [-0.4, -0.2) is 16.1 Å². The molecule has 0 aliphatic carbocycles. The molecule has 0 radical (unpaired) electrons. The Morgan fingerprint density at radius 1 is 0.913 bits per heavy atom. The van der Waals surface area contributed by atoms with E-state index in [4.69, 9.17) is 10.4 Å². The summed E-state index contributed by atoms with van der Waals surface area (Å²) < 4.78 is 1.98. The molecule has 0 atom stereocenters. The van der Waals surface area contributed by atoms with Gasteiger partial charge in [-0.1, -0.05) is 60.7 Å². The number of benzene rings is 2. The van der Waals surface area contributed by atoms with E-state index in [9.17, 15) is 0 Å². The van der Waals surface area contributed by atoms with Crippen LogP contribution < -0.4 is 10.4 Å². The van der Waals surface area contributed by atoms with Crippen molar-refractivity contribution in [2.75, 3.05) is 11.4 Å². The zero-order valence-electron chi connectivity index (χ0n) is 12.8. The number of nitrogens with one attached hydrogen (secondary N) is 1. The molecular formula is C19H18N4. The second-order valence-electron chi connectivity index (χ2n) is 5.75. The van der Waals surface area contributed by atoms with E-state index in [1.807, 2.05) is 47.0 Å². The number of rotatable bonds is 3. The molecule has 1 aliphatic heterocycles. The van der Waals surface area contributed by atoms with Crippen LogP contribution in [0.2, 0.25) is 0 Å². The van der Waals surface area contributed by atoms with Crippen molar-refractivity contribution in [3.05, 3.63) is 77.8 Å². The van der Waals surface area contributed by atoms with E-state index in [0.717, 1.165) is 36.8 Å². The maximum absolute atomic E-state index is 8.31. The highest BCUT2D eigenvalue weighted by Crippen LogP contribution is 2.23. The smallest absolute Gasteiger partial charge is 0.208 e. The molecule has 1 aromatic heterocycles. The van der Waals surface area contributed by atoms with Crippen molar-refractivity contribution < 1.29 is 0 Å². The molecule has 4 rings (SSSR count). The molecule has 4 nitrogen and oxygen atoms in total. The van der Waals surface area contributed by atoms with Crippen LogP contribution in [0.5, 0.6) is 0 Å². The summed E-state index contributed by atoms with van der Waals surface area (Å²) in [5.41, 5.74) is 3.70. The molecule has 1 aliphatic rings. The first-order valence-electron chi connectivity index (χ1n) is 7.82. The second-order valence-corrected chi connectivity index (χ2v) is 5.75. The fourth-order valence-electron chi connectivity index (χ4n) is 3.01. The van der Waals surface area contributed by atoms with Gasteiger partial charge in [-0.25, -0.2) is 4.98 Å². The number of hydrogen-bond donors (Lipinski definition) is 1. The zero-order valence-corrected chi connectivity index (χ0v) is 12.8. The quantitative estimate of drug-likeness (QED) is 0.808. The van der Waals surface area contributed by atoms with Crippen LogP contribution in [-0.2, 0) is 13.1 Å². The van der Waals surface area contributed by atoms with Crippen molar-refractivity contribution in [1.82, 2.24) is 9.55 Å². The fraction of sp³-hybridized carbons (Fsp3) is 0.158. The summed E-state index contributed by atoms with van der Waals surface area (Å²) in [4.78, 5) is 7.08. The molecule has 0 amide bonds. The molecular weight excluding hydrogens is 284 g/mol. The van der Waals surface area contributed by atoms with Gasteiger partial charge in [0, 0.05) is 31.3 Å². The van der Waals surface area contributed by atoms with Crippen LogP contribution in [0.4, 0.5) is 5.95 Å². The predicted octanol–water partition coefficient (Wildman–Crippen LogP) is 3.05. The summed E-state index contributed by atoms with van der Waals surface area (Å²) in [6.07, 6.45) is 0. The predicted molar refractivity (Wildman–Crippen MR) is 91.0 cm³/mol. The topological polar surface area (TPSA) is 44.9 Å². The molecule has 0 saturated carbocycles. The molecule has 0 unspecified atom stereocenters. The number of aromatic nitrogens is 2. The molecule has 23 heavy (non-hydrogen) atoms. The van der Waals surface area contributed by atoms with E-state index in [1.54, 1.807) is 0 Å². The Balaban J connectivity index is 1.73. The summed E-state index contributed by atoms with van der Waals surface area (Å²) in [7, 11) is 0. The molecule has 2 aromatic carbocycles. The number of hydrogen-bond acceptors (Lipinski definition) is 3. The lowest BCUT2D eigenvalue weighted by atomic mass is 10.1. The SMILES string of the molecule is N=c1cc(-c2ccccc2)nc2n1CCN2Cc1ccccc1. The van der Waals surface area contributed by atoms with E-state index >= 15 is 0 Å². The van der Waals surface area contributed by atoms with Crippen molar-refractivity contribution in [2.45, 2.75) is 13.1 Å². The third-order valence-corrected chi connectivity index (χ3v) is 4.19. The van der Waals surface area contributed by atoms with Gasteiger partial charge >= 0.3 is 0 Å². The summed E-state index contributed by atoms with van der Waals surface area (Å²) in [5.74, 6) is 0.889. The second kappa shape index (κ2) is 5.72. The van der Waals surface area contributed by atoms with E-state index in [0.29, 0.717) is 5.49 Å². The normalized spacial score (nSPS) is 13.1. The van der Waals surface area contributed by atoms with Gasteiger partial charge in [0.15, 0.2) is 0 Å². The minimum Gasteiger partial charge on any atom is -0.336 e. The van der Waals surface area contributed by atoms with Crippen LogP contribution >= 0.6 is 0 Å². The van der Waals surface area contributed by atoms with Gasteiger partial charge in [-0.05, 0) is 5.56 Å². The van der Waals surface area contributed by atoms with Gasteiger partial charge in [-0.2, -0.15) is 0 Å². The first-order chi connectivity index (χ1) is 11.3. The molecule has 0 fully saturated rings. The van der Waals surface area contributed by atoms with Crippen LogP contribution in [0.15, 0.2) is 66.7 Å². The summed E-state index contributed by atoms with van der Waals surface area (Å²) >= 11 is 0. The lowest BCUT2D eigenvalue weighted by molar-refractivity contribution is 0.727. The van der Waals surface area contributed by atoms with Crippen molar-refractivity contribution in [2.24, 2.45) is 0 Å². The zero-order chi connectivity index (χ0) is 15.6. The Bertz CT molecular complexity index is 869. The first kappa shape index (κ1) is 13.8. The van der Waals surface area contributed by atoms with Gasteiger partial charge in [0.1, 0.15) is 5.49 Å². The van der Waals surface area contributed by atoms with E-state index in [2.05, 4.69) is 29.2 Å².